The highest BCUT2D eigenvalue weighted by Crippen LogP contribution is 2.35. The normalized spacial score (nSPS) is 17.0. The Morgan fingerprint density at radius 1 is 1.53 bits per heavy atom. The Labute approximate surface area is 114 Å². The summed E-state index contributed by atoms with van der Waals surface area (Å²) in [6.45, 7) is 3.19. The topological polar surface area (TPSA) is 40.5 Å². The molecule has 0 aliphatic heterocycles. The highest BCUT2D eigenvalue weighted by Gasteiger charge is 2.30. The van der Waals surface area contributed by atoms with Crippen molar-refractivity contribution in [3.05, 3.63) is 41.5 Å². The van der Waals surface area contributed by atoms with Gasteiger partial charge in [0.2, 0.25) is 0 Å². The molecule has 0 heterocycles. The zero-order chi connectivity index (χ0) is 13.8. The van der Waals surface area contributed by atoms with E-state index in [-0.39, 0.29) is 0 Å². The number of benzene rings is 1. The van der Waals surface area contributed by atoms with E-state index in [0.29, 0.717) is 6.04 Å². The lowest BCUT2D eigenvalue weighted by Crippen LogP contribution is -2.30. The Hall–Kier alpha value is -1.61. The number of rotatable bonds is 6. The summed E-state index contributed by atoms with van der Waals surface area (Å²) in [6.07, 6.45) is 5.52. The molecule has 0 saturated heterocycles. The molecule has 102 valence electrons. The summed E-state index contributed by atoms with van der Waals surface area (Å²) in [5.41, 5.74) is 2.16. The predicted molar refractivity (Wildman–Crippen MR) is 76.8 cm³/mol. The minimum absolute atomic E-state index is 0.623. The number of carboxylic acid groups (broad SMARTS) is 1. The van der Waals surface area contributed by atoms with Crippen LogP contribution in [0.15, 0.2) is 30.3 Å². The molecule has 2 rings (SSSR count). The second kappa shape index (κ2) is 6.02. The Bertz CT molecular complexity index is 477. The third-order valence-electron chi connectivity index (χ3n) is 3.80. The van der Waals surface area contributed by atoms with Gasteiger partial charge in [-0.25, -0.2) is 4.79 Å². The van der Waals surface area contributed by atoms with Gasteiger partial charge in [0.25, 0.3) is 0 Å². The van der Waals surface area contributed by atoms with Gasteiger partial charge in [0.05, 0.1) is 0 Å². The van der Waals surface area contributed by atoms with Crippen molar-refractivity contribution in [2.45, 2.75) is 32.4 Å². The summed E-state index contributed by atoms with van der Waals surface area (Å²) in [7, 11) is 2.16. The van der Waals surface area contributed by atoms with Gasteiger partial charge in [0.1, 0.15) is 0 Å². The number of carbonyl (C=O) groups is 1. The van der Waals surface area contributed by atoms with E-state index in [0.717, 1.165) is 18.0 Å². The molecule has 0 spiro atoms. The molecule has 1 atom stereocenters. The first kappa shape index (κ1) is 13.8. The van der Waals surface area contributed by atoms with Crippen LogP contribution in [0.25, 0.3) is 6.08 Å². The molecule has 3 heteroatoms. The molecule has 1 aliphatic carbocycles. The molecule has 1 aromatic rings. The van der Waals surface area contributed by atoms with Gasteiger partial charge >= 0.3 is 5.97 Å². The summed E-state index contributed by atoms with van der Waals surface area (Å²) in [4.78, 5) is 12.9. The molecule has 0 aromatic heterocycles. The fourth-order valence-corrected chi connectivity index (χ4v) is 2.33. The van der Waals surface area contributed by atoms with Gasteiger partial charge in [-0.3, -0.25) is 4.90 Å². The molecular formula is C16H21NO2. The molecule has 1 unspecified atom stereocenters. The van der Waals surface area contributed by atoms with Crippen molar-refractivity contribution in [1.29, 1.82) is 0 Å². The van der Waals surface area contributed by atoms with E-state index in [2.05, 4.69) is 31.0 Å². The van der Waals surface area contributed by atoms with Crippen LogP contribution in [0.4, 0.5) is 0 Å². The number of carboxylic acids is 1. The first-order valence-corrected chi connectivity index (χ1v) is 6.76. The molecule has 1 aromatic carbocycles. The van der Waals surface area contributed by atoms with E-state index in [1.165, 1.54) is 24.5 Å². The zero-order valence-electron chi connectivity index (χ0n) is 11.5. The van der Waals surface area contributed by atoms with Crippen molar-refractivity contribution >= 4 is 12.0 Å². The number of nitrogens with zero attached hydrogens (tertiary/aromatic N) is 1. The highest BCUT2D eigenvalue weighted by molar-refractivity contribution is 5.85. The van der Waals surface area contributed by atoms with Crippen LogP contribution in [0.1, 0.15) is 30.9 Å². The second-order valence-corrected chi connectivity index (χ2v) is 5.41. The summed E-state index contributed by atoms with van der Waals surface area (Å²) in [6, 6.07) is 8.67. The molecule has 0 bridgehead atoms. The highest BCUT2D eigenvalue weighted by atomic mass is 16.4. The Morgan fingerprint density at radius 2 is 2.26 bits per heavy atom. The standard InChI is InChI=1S/C16H21NO2/c1-12(15-7-8-15)17(2)11-14-5-3-4-13(10-14)6-9-16(18)19/h3-6,9-10,12,15H,7-8,11H2,1-2H3,(H,18,19)/b9-6+. The largest absolute Gasteiger partial charge is 0.478 e. The van der Waals surface area contributed by atoms with Crippen LogP contribution in [0.2, 0.25) is 0 Å². The van der Waals surface area contributed by atoms with E-state index >= 15 is 0 Å². The lowest BCUT2D eigenvalue weighted by molar-refractivity contribution is -0.131. The summed E-state index contributed by atoms with van der Waals surface area (Å²) < 4.78 is 0. The van der Waals surface area contributed by atoms with E-state index in [1.807, 2.05) is 12.1 Å². The van der Waals surface area contributed by atoms with Crippen LogP contribution in [0, 0.1) is 5.92 Å². The first-order valence-electron chi connectivity index (χ1n) is 6.76. The zero-order valence-corrected chi connectivity index (χ0v) is 11.5. The summed E-state index contributed by atoms with van der Waals surface area (Å²) >= 11 is 0. The van der Waals surface area contributed by atoms with Gasteiger partial charge < -0.3 is 5.11 Å². The molecule has 0 amide bonds. The van der Waals surface area contributed by atoms with Gasteiger partial charge in [0, 0.05) is 18.7 Å². The third kappa shape index (κ3) is 4.21. The van der Waals surface area contributed by atoms with Crippen molar-refractivity contribution < 1.29 is 9.90 Å². The third-order valence-corrected chi connectivity index (χ3v) is 3.80. The maximum Gasteiger partial charge on any atom is 0.328 e. The van der Waals surface area contributed by atoms with E-state index in [9.17, 15) is 4.79 Å². The van der Waals surface area contributed by atoms with Crippen LogP contribution in [0.5, 0.6) is 0 Å². The van der Waals surface area contributed by atoms with Crippen molar-refractivity contribution in [3.63, 3.8) is 0 Å². The van der Waals surface area contributed by atoms with Crippen molar-refractivity contribution in [2.24, 2.45) is 5.92 Å². The van der Waals surface area contributed by atoms with Crippen LogP contribution in [-0.2, 0) is 11.3 Å². The lowest BCUT2D eigenvalue weighted by atomic mass is 10.1. The van der Waals surface area contributed by atoms with Crippen molar-refractivity contribution in [2.75, 3.05) is 7.05 Å². The Balaban J connectivity index is 1.99. The van der Waals surface area contributed by atoms with Crippen molar-refractivity contribution in [1.82, 2.24) is 4.90 Å². The predicted octanol–water partition coefficient (Wildman–Crippen LogP) is 3.01. The number of aliphatic carboxylic acids is 1. The average molecular weight is 259 g/mol. The smallest absolute Gasteiger partial charge is 0.328 e. The minimum Gasteiger partial charge on any atom is -0.478 e. The Morgan fingerprint density at radius 3 is 2.89 bits per heavy atom. The fourth-order valence-electron chi connectivity index (χ4n) is 2.33. The molecule has 1 saturated carbocycles. The van der Waals surface area contributed by atoms with E-state index in [1.54, 1.807) is 6.08 Å². The molecule has 19 heavy (non-hydrogen) atoms. The second-order valence-electron chi connectivity index (χ2n) is 5.41. The van der Waals surface area contributed by atoms with E-state index < -0.39 is 5.97 Å². The Kier molecular flexibility index (Phi) is 4.38. The SMILES string of the molecule is CC(C1CC1)N(C)Cc1cccc(/C=C/C(=O)O)c1. The van der Waals surface area contributed by atoms with Crippen LogP contribution in [0.3, 0.4) is 0 Å². The van der Waals surface area contributed by atoms with Gasteiger partial charge in [-0.2, -0.15) is 0 Å². The number of hydrogen-bond acceptors (Lipinski definition) is 2. The van der Waals surface area contributed by atoms with Crippen molar-refractivity contribution in [3.8, 4) is 0 Å². The molecule has 1 aliphatic rings. The summed E-state index contributed by atoms with van der Waals surface area (Å²) in [5.74, 6) is -0.0510. The monoisotopic (exact) mass is 259 g/mol. The maximum absolute atomic E-state index is 10.5. The molecule has 1 fully saturated rings. The number of hydrogen-bond donors (Lipinski definition) is 1. The van der Waals surface area contributed by atoms with E-state index in [4.69, 9.17) is 5.11 Å². The molecule has 1 N–H and O–H groups in total. The lowest BCUT2D eigenvalue weighted by Gasteiger charge is -2.24. The average Bonchev–Trinajstić information content (AvgIpc) is 3.20. The fraction of sp³-hybridized carbons (Fsp3) is 0.438. The van der Waals surface area contributed by atoms with Crippen LogP contribution in [-0.4, -0.2) is 29.1 Å². The van der Waals surface area contributed by atoms with Gasteiger partial charge in [-0.15, -0.1) is 0 Å². The van der Waals surface area contributed by atoms with Gasteiger partial charge in [-0.05, 0) is 49.9 Å². The van der Waals surface area contributed by atoms with Gasteiger partial charge in [0.15, 0.2) is 0 Å². The molecule has 3 nitrogen and oxygen atoms in total. The molecule has 0 radical (unpaired) electrons. The van der Waals surface area contributed by atoms with Crippen LogP contribution < -0.4 is 0 Å². The minimum atomic E-state index is -0.912. The first-order chi connectivity index (χ1) is 9.06. The van der Waals surface area contributed by atoms with Gasteiger partial charge in [-0.1, -0.05) is 24.3 Å². The van der Waals surface area contributed by atoms with Crippen LogP contribution >= 0.6 is 0 Å². The quantitative estimate of drug-likeness (QED) is 0.798. The summed E-state index contributed by atoms with van der Waals surface area (Å²) in [5, 5.41) is 8.64. The molecular weight excluding hydrogens is 238 g/mol. The maximum atomic E-state index is 10.5.